The van der Waals surface area contributed by atoms with E-state index in [0.717, 1.165) is 36.6 Å². The van der Waals surface area contributed by atoms with Gasteiger partial charge in [-0.1, -0.05) is 17.7 Å². The molecule has 2 saturated carbocycles. The smallest absolute Gasteiger partial charge is 0.268 e. The van der Waals surface area contributed by atoms with E-state index in [4.69, 9.17) is 0 Å². The van der Waals surface area contributed by atoms with Crippen molar-refractivity contribution in [3.8, 4) is 0 Å². The van der Waals surface area contributed by atoms with Gasteiger partial charge in [-0.2, -0.15) is 0 Å². The van der Waals surface area contributed by atoms with E-state index in [2.05, 4.69) is 5.32 Å². The second-order valence-electron chi connectivity index (χ2n) is 6.27. The first-order chi connectivity index (χ1) is 10.1. The minimum absolute atomic E-state index is 0.0281. The molecule has 0 radical (unpaired) electrons. The van der Waals surface area contributed by atoms with Crippen molar-refractivity contribution < 1.29 is 4.79 Å². The van der Waals surface area contributed by atoms with Gasteiger partial charge in [-0.15, -0.1) is 0 Å². The zero-order valence-corrected chi connectivity index (χ0v) is 12.1. The molecule has 0 aliphatic heterocycles. The third kappa shape index (κ3) is 2.24. The van der Waals surface area contributed by atoms with Gasteiger partial charge in [0.15, 0.2) is 0 Å². The monoisotopic (exact) mass is 282 g/mol. The molecule has 2 fully saturated rings. The lowest BCUT2D eigenvalue weighted by molar-refractivity contribution is 0.0940. The van der Waals surface area contributed by atoms with Crippen LogP contribution >= 0.6 is 0 Å². The van der Waals surface area contributed by atoms with Crippen molar-refractivity contribution >= 4 is 16.7 Å². The Hall–Kier alpha value is -2.10. The largest absolute Gasteiger partial charge is 0.348 e. The summed E-state index contributed by atoms with van der Waals surface area (Å²) in [6, 6.07) is 8.19. The van der Waals surface area contributed by atoms with Crippen molar-refractivity contribution in [2.75, 3.05) is 0 Å². The maximum absolute atomic E-state index is 12.8. The number of pyridine rings is 1. The number of hydrogen-bond acceptors (Lipinski definition) is 2. The lowest BCUT2D eigenvalue weighted by Gasteiger charge is -2.14. The maximum Gasteiger partial charge on any atom is 0.268 e. The molecule has 0 atom stereocenters. The van der Waals surface area contributed by atoms with E-state index in [1.54, 1.807) is 4.57 Å². The minimum Gasteiger partial charge on any atom is -0.348 e. The predicted molar refractivity (Wildman–Crippen MR) is 81.7 cm³/mol. The molecule has 4 nitrogen and oxygen atoms in total. The van der Waals surface area contributed by atoms with E-state index in [1.807, 2.05) is 31.2 Å². The second kappa shape index (κ2) is 4.45. The number of amides is 1. The molecule has 2 aliphatic rings. The maximum atomic E-state index is 12.8. The molecule has 1 aromatic heterocycles. The van der Waals surface area contributed by atoms with E-state index >= 15 is 0 Å². The first kappa shape index (κ1) is 12.6. The zero-order chi connectivity index (χ0) is 14.6. The van der Waals surface area contributed by atoms with Crippen LogP contribution in [0.1, 0.15) is 47.8 Å². The van der Waals surface area contributed by atoms with Gasteiger partial charge < -0.3 is 9.88 Å². The fourth-order valence-corrected chi connectivity index (χ4v) is 2.79. The summed E-state index contributed by atoms with van der Waals surface area (Å²) in [5, 5.41) is 4.56. The summed E-state index contributed by atoms with van der Waals surface area (Å²) in [6.45, 7) is 1.98. The zero-order valence-electron chi connectivity index (χ0n) is 12.1. The van der Waals surface area contributed by atoms with E-state index in [1.165, 1.54) is 0 Å². The highest BCUT2D eigenvalue weighted by atomic mass is 16.2. The number of carbonyl (C=O) groups excluding carboxylic acids is 1. The molecule has 108 valence electrons. The average Bonchev–Trinajstić information content (AvgIpc) is 3.33. The van der Waals surface area contributed by atoms with Crippen LogP contribution in [-0.2, 0) is 0 Å². The Bertz CT molecular complexity index is 798. The molecule has 2 aromatic rings. The molecule has 1 heterocycles. The van der Waals surface area contributed by atoms with Crippen molar-refractivity contribution in [3.05, 3.63) is 45.9 Å². The number of aromatic nitrogens is 1. The summed E-state index contributed by atoms with van der Waals surface area (Å²) in [6.07, 6.45) is 4.07. The van der Waals surface area contributed by atoms with Crippen molar-refractivity contribution in [3.63, 3.8) is 0 Å². The molecule has 21 heavy (non-hydrogen) atoms. The van der Waals surface area contributed by atoms with Gasteiger partial charge in [0.2, 0.25) is 0 Å². The highest BCUT2D eigenvalue weighted by Gasteiger charge is 2.31. The molecule has 0 spiro atoms. The number of fused-ring (bicyclic) bond motifs is 1. The van der Waals surface area contributed by atoms with Crippen molar-refractivity contribution in [1.29, 1.82) is 0 Å². The fourth-order valence-electron chi connectivity index (χ4n) is 2.79. The van der Waals surface area contributed by atoms with Crippen LogP contribution in [0.15, 0.2) is 29.1 Å². The highest BCUT2D eigenvalue weighted by molar-refractivity contribution is 5.97. The lowest BCUT2D eigenvalue weighted by Crippen LogP contribution is -2.33. The Morgan fingerprint density at radius 2 is 1.95 bits per heavy atom. The number of nitrogens with one attached hydrogen (secondary N) is 1. The van der Waals surface area contributed by atoms with Crippen molar-refractivity contribution in [2.24, 2.45) is 0 Å². The van der Waals surface area contributed by atoms with Crippen LogP contribution in [0.25, 0.3) is 10.8 Å². The molecule has 0 unspecified atom stereocenters. The molecular weight excluding hydrogens is 264 g/mol. The van der Waals surface area contributed by atoms with Crippen LogP contribution in [0, 0.1) is 6.92 Å². The minimum atomic E-state index is -0.107. The first-order valence-corrected chi connectivity index (χ1v) is 7.60. The second-order valence-corrected chi connectivity index (χ2v) is 6.27. The summed E-state index contributed by atoms with van der Waals surface area (Å²) < 4.78 is 1.71. The van der Waals surface area contributed by atoms with Gasteiger partial charge in [0.05, 0.1) is 0 Å². The van der Waals surface area contributed by atoms with Crippen LogP contribution in [0.5, 0.6) is 0 Å². The Morgan fingerprint density at radius 3 is 2.62 bits per heavy atom. The Balaban J connectivity index is 1.91. The molecule has 1 amide bonds. The van der Waals surface area contributed by atoms with Crippen molar-refractivity contribution in [1.82, 2.24) is 9.88 Å². The van der Waals surface area contributed by atoms with Gasteiger partial charge in [0, 0.05) is 17.5 Å². The summed E-state index contributed by atoms with van der Waals surface area (Å²) in [5.74, 6) is -0.107. The van der Waals surface area contributed by atoms with E-state index in [0.29, 0.717) is 17.1 Å². The quantitative estimate of drug-likeness (QED) is 0.940. The number of carbonyl (C=O) groups is 1. The van der Waals surface area contributed by atoms with Gasteiger partial charge >= 0.3 is 0 Å². The molecule has 1 N–H and O–H groups in total. The van der Waals surface area contributed by atoms with Crippen LogP contribution < -0.4 is 10.9 Å². The van der Waals surface area contributed by atoms with E-state index in [-0.39, 0.29) is 17.5 Å². The molecule has 4 rings (SSSR count). The number of rotatable bonds is 3. The summed E-state index contributed by atoms with van der Waals surface area (Å²) >= 11 is 0. The van der Waals surface area contributed by atoms with Crippen molar-refractivity contribution in [2.45, 2.75) is 44.7 Å². The van der Waals surface area contributed by atoms with Gasteiger partial charge in [0.25, 0.3) is 11.5 Å². The molecule has 0 saturated heterocycles. The standard InChI is InChI=1S/C17H18N2O2/c1-10-2-3-11-9-15(16(20)18-12-4-5-12)19(13-6-7-13)17(21)14(11)8-10/h2-3,8-9,12-13H,4-7H2,1H3,(H,18,20). The predicted octanol–water partition coefficient (Wildman–Crippen LogP) is 2.54. The van der Waals surface area contributed by atoms with Crippen LogP contribution in [0.2, 0.25) is 0 Å². The third-order valence-corrected chi connectivity index (χ3v) is 4.27. The molecular formula is C17H18N2O2. The highest BCUT2D eigenvalue weighted by Crippen LogP contribution is 2.35. The normalized spacial score (nSPS) is 18.0. The number of hydrogen-bond donors (Lipinski definition) is 1. The molecule has 4 heteroatoms. The van der Waals surface area contributed by atoms with Crippen LogP contribution in [-0.4, -0.2) is 16.5 Å². The van der Waals surface area contributed by atoms with E-state index < -0.39 is 0 Å². The SMILES string of the molecule is Cc1ccc2cc(C(=O)NC3CC3)n(C3CC3)c(=O)c2c1. The summed E-state index contributed by atoms with van der Waals surface area (Å²) in [7, 11) is 0. The topological polar surface area (TPSA) is 51.1 Å². The molecule has 0 bridgehead atoms. The van der Waals surface area contributed by atoms with E-state index in [9.17, 15) is 9.59 Å². The third-order valence-electron chi connectivity index (χ3n) is 4.27. The number of benzene rings is 1. The Kier molecular flexibility index (Phi) is 2.67. The van der Waals surface area contributed by atoms with Gasteiger partial charge in [0.1, 0.15) is 5.69 Å². The van der Waals surface area contributed by atoms with Crippen LogP contribution in [0.3, 0.4) is 0 Å². The summed E-state index contributed by atoms with van der Waals surface area (Å²) in [5.41, 5.74) is 1.56. The first-order valence-electron chi connectivity index (χ1n) is 7.60. The van der Waals surface area contributed by atoms with Gasteiger partial charge in [-0.05, 0) is 50.1 Å². The molecule has 2 aliphatic carbocycles. The molecule has 1 aromatic carbocycles. The fraction of sp³-hybridized carbons (Fsp3) is 0.412. The van der Waals surface area contributed by atoms with Gasteiger partial charge in [-0.3, -0.25) is 9.59 Å². The number of nitrogens with zero attached hydrogens (tertiary/aromatic N) is 1. The van der Waals surface area contributed by atoms with Crippen LogP contribution in [0.4, 0.5) is 0 Å². The summed E-state index contributed by atoms with van der Waals surface area (Å²) in [4.78, 5) is 25.2. The van der Waals surface area contributed by atoms with Gasteiger partial charge in [-0.25, -0.2) is 0 Å². The average molecular weight is 282 g/mol. The number of aryl methyl sites for hydroxylation is 1. The lowest BCUT2D eigenvalue weighted by atomic mass is 10.1. The Labute approximate surface area is 122 Å². The Morgan fingerprint density at radius 1 is 1.19 bits per heavy atom.